The van der Waals surface area contributed by atoms with Crippen LogP contribution in [0.2, 0.25) is 0 Å². The number of ether oxygens (including phenoxy) is 1. The molecule has 0 spiro atoms. The van der Waals surface area contributed by atoms with Crippen LogP contribution in [0.1, 0.15) is 17.2 Å². The maximum Gasteiger partial charge on any atom is 0.137 e. The van der Waals surface area contributed by atoms with Crippen molar-refractivity contribution in [1.29, 1.82) is 0 Å². The summed E-state index contributed by atoms with van der Waals surface area (Å²) in [5, 5.41) is 7.81. The summed E-state index contributed by atoms with van der Waals surface area (Å²) in [7, 11) is 1.68. The molecule has 0 radical (unpaired) electrons. The Morgan fingerprint density at radius 2 is 1.87 bits per heavy atom. The molecule has 3 rings (SSSR count). The van der Waals surface area contributed by atoms with Crippen molar-refractivity contribution >= 4 is 0 Å². The Morgan fingerprint density at radius 3 is 2.52 bits per heavy atom. The van der Waals surface area contributed by atoms with Gasteiger partial charge in [-0.15, -0.1) is 0 Å². The molecule has 5 nitrogen and oxygen atoms in total. The number of methoxy groups -OCH3 is 1. The number of aromatic nitrogens is 3. The minimum Gasteiger partial charge on any atom is -0.497 e. The molecule has 1 heterocycles. The van der Waals surface area contributed by atoms with Gasteiger partial charge >= 0.3 is 0 Å². The van der Waals surface area contributed by atoms with Gasteiger partial charge in [-0.05, 0) is 23.3 Å². The van der Waals surface area contributed by atoms with Gasteiger partial charge in [0.25, 0.3) is 0 Å². The van der Waals surface area contributed by atoms with Crippen molar-refractivity contribution in [2.24, 2.45) is 0 Å². The molecule has 1 atom stereocenters. The summed E-state index contributed by atoms with van der Waals surface area (Å²) in [6.45, 7) is 1.51. The van der Waals surface area contributed by atoms with E-state index < -0.39 is 0 Å². The third kappa shape index (κ3) is 4.17. The Morgan fingerprint density at radius 1 is 1.09 bits per heavy atom. The maximum absolute atomic E-state index is 5.20. The molecule has 0 saturated carbocycles. The van der Waals surface area contributed by atoms with Gasteiger partial charge in [-0.25, -0.2) is 4.98 Å². The third-order valence-corrected chi connectivity index (χ3v) is 3.75. The summed E-state index contributed by atoms with van der Waals surface area (Å²) in [5.41, 5.74) is 2.45. The summed E-state index contributed by atoms with van der Waals surface area (Å²) in [6, 6.07) is 18.7. The van der Waals surface area contributed by atoms with Gasteiger partial charge in [0, 0.05) is 6.54 Å². The lowest BCUT2D eigenvalue weighted by atomic mass is 10.1. The fourth-order valence-electron chi connectivity index (χ4n) is 2.47. The summed E-state index contributed by atoms with van der Waals surface area (Å²) in [6.07, 6.45) is 3.30. The second kappa shape index (κ2) is 7.56. The molecule has 0 fully saturated rings. The molecular formula is C18H20N4O. The van der Waals surface area contributed by atoms with Crippen molar-refractivity contribution in [3.05, 3.63) is 78.4 Å². The minimum absolute atomic E-state index is 0.167. The highest BCUT2D eigenvalue weighted by molar-refractivity contribution is 5.27. The van der Waals surface area contributed by atoms with Crippen molar-refractivity contribution < 1.29 is 4.74 Å². The SMILES string of the molecule is COc1ccc(CN[C@H](Cn2cncn2)c2ccccc2)cc1. The largest absolute Gasteiger partial charge is 0.497 e. The molecule has 1 N–H and O–H groups in total. The van der Waals surface area contributed by atoms with Crippen molar-refractivity contribution in [2.75, 3.05) is 7.11 Å². The number of rotatable bonds is 7. The Kier molecular flexibility index (Phi) is 5.01. The number of hydrogen-bond donors (Lipinski definition) is 1. The van der Waals surface area contributed by atoms with E-state index in [9.17, 15) is 0 Å². The van der Waals surface area contributed by atoms with Crippen LogP contribution in [-0.4, -0.2) is 21.9 Å². The van der Waals surface area contributed by atoms with E-state index in [0.717, 1.165) is 18.8 Å². The van der Waals surface area contributed by atoms with E-state index in [-0.39, 0.29) is 6.04 Å². The molecule has 0 aliphatic carbocycles. The first-order valence-electron chi connectivity index (χ1n) is 7.59. The van der Waals surface area contributed by atoms with Crippen LogP contribution < -0.4 is 10.1 Å². The van der Waals surface area contributed by atoms with Crippen LogP contribution in [0.5, 0.6) is 5.75 Å². The normalized spacial score (nSPS) is 12.0. The standard InChI is InChI=1S/C18H20N4O/c1-23-17-9-7-15(8-10-17)11-20-18(12-22-14-19-13-21-22)16-5-3-2-4-6-16/h2-10,13-14,18,20H,11-12H2,1H3/t18-/m1/s1. The van der Waals surface area contributed by atoms with E-state index in [4.69, 9.17) is 4.74 Å². The van der Waals surface area contributed by atoms with Gasteiger partial charge in [-0.1, -0.05) is 42.5 Å². The fraction of sp³-hybridized carbons (Fsp3) is 0.222. The number of nitrogens with zero attached hydrogens (tertiary/aromatic N) is 3. The van der Waals surface area contributed by atoms with Crippen LogP contribution >= 0.6 is 0 Å². The van der Waals surface area contributed by atoms with Gasteiger partial charge < -0.3 is 10.1 Å². The molecular weight excluding hydrogens is 288 g/mol. The van der Waals surface area contributed by atoms with Gasteiger partial charge in [0.2, 0.25) is 0 Å². The van der Waals surface area contributed by atoms with Gasteiger partial charge in [0.05, 0.1) is 19.7 Å². The number of benzene rings is 2. The fourth-order valence-corrected chi connectivity index (χ4v) is 2.47. The van der Waals surface area contributed by atoms with Crippen molar-refractivity contribution in [3.63, 3.8) is 0 Å². The predicted molar refractivity (Wildman–Crippen MR) is 89.0 cm³/mol. The number of nitrogens with one attached hydrogen (secondary N) is 1. The van der Waals surface area contributed by atoms with Gasteiger partial charge in [-0.3, -0.25) is 4.68 Å². The molecule has 0 amide bonds. The zero-order valence-corrected chi connectivity index (χ0v) is 13.1. The van der Waals surface area contributed by atoms with Crippen LogP contribution in [0.4, 0.5) is 0 Å². The predicted octanol–water partition coefficient (Wildman–Crippen LogP) is 2.82. The van der Waals surface area contributed by atoms with E-state index in [2.05, 4.69) is 51.8 Å². The second-order valence-corrected chi connectivity index (χ2v) is 5.31. The molecule has 23 heavy (non-hydrogen) atoms. The molecule has 0 unspecified atom stereocenters. The van der Waals surface area contributed by atoms with E-state index in [1.54, 1.807) is 19.8 Å². The zero-order valence-electron chi connectivity index (χ0n) is 13.1. The van der Waals surface area contributed by atoms with Crippen LogP contribution in [0.25, 0.3) is 0 Å². The first-order valence-corrected chi connectivity index (χ1v) is 7.59. The third-order valence-electron chi connectivity index (χ3n) is 3.75. The van der Waals surface area contributed by atoms with E-state index >= 15 is 0 Å². The molecule has 0 bridgehead atoms. The Labute approximate surface area is 135 Å². The average Bonchev–Trinajstić information content (AvgIpc) is 3.13. The van der Waals surface area contributed by atoms with Gasteiger partial charge in [0.15, 0.2) is 0 Å². The first kappa shape index (κ1) is 15.2. The zero-order chi connectivity index (χ0) is 15.9. The van der Waals surface area contributed by atoms with Gasteiger partial charge in [-0.2, -0.15) is 5.10 Å². The highest BCUT2D eigenvalue weighted by Crippen LogP contribution is 2.16. The smallest absolute Gasteiger partial charge is 0.137 e. The molecule has 0 saturated heterocycles. The van der Waals surface area contributed by atoms with E-state index in [1.807, 2.05) is 22.9 Å². The Balaban J connectivity index is 1.70. The quantitative estimate of drug-likeness (QED) is 0.729. The van der Waals surface area contributed by atoms with Crippen LogP contribution in [0.15, 0.2) is 67.3 Å². The van der Waals surface area contributed by atoms with E-state index in [1.165, 1.54) is 11.1 Å². The van der Waals surface area contributed by atoms with Crippen molar-refractivity contribution in [3.8, 4) is 5.75 Å². The maximum atomic E-state index is 5.20. The molecule has 118 valence electrons. The summed E-state index contributed by atoms with van der Waals surface area (Å²) in [5.74, 6) is 0.871. The minimum atomic E-state index is 0.167. The monoisotopic (exact) mass is 308 g/mol. The summed E-state index contributed by atoms with van der Waals surface area (Å²) >= 11 is 0. The summed E-state index contributed by atoms with van der Waals surface area (Å²) in [4.78, 5) is 4.02. The van der Waals surface area contributed by atoms with Crippen LogP contribution in [0.3, 0.4) is 0 Å². The highest BCUT2D eigenvalue weighted by atomic mass is 16.5. The Bertz CT molecular complexity index is 696. The molecule has 2 aromatic carbocycles. The molecule has 1 aromatic heterocycles. The van der Waals surface area contributed by atoms with Crippen LogP contribution in [0, 0.1) is 0 Å². The topological polar surface area (TPSA) is 52.0 Å². The van der Waals surface area contributed by atoms with E-state index in [0.29, 0.717) is 0 Å². The molecule has 3 aromatic rings. The Hall–Kier alpha value is -2.66. The second-order valence-electron chi connectivity index (χ2n) is 5.31. The summed E-state index contributed by atoms with van der Waals surface area (Å²) < 4.78 is 7.04. The average molecular weight is 308 g/mol. The first-order chi connectivity index (χ1) is 11.3. The lowest BCUT2D eigenvalue weighted by Gasteiger charge is -2.19. The van der Waals surface area contributed by atoms with Crippen LogP contribution in [-0.2, 0) is 13.1 Å². The van der Waals surface area contributed by atoms with Gasteiger partial charge in [0.1, 0.15) is 18.4 Å². The van der Waals surface area contributed by atoms with Crippen molar-refractivity contribution in [1.82, 2.24) is 20.1 Å². The highest BCUT2D eigenvalue weighted by Gasteiger charge is 2.12. The molecule has 5 heteroatoms. The molecule has 0 aliphatic rings. The molecule has 0 aliphatic heterocycles. The lowest BCUT2D eigenvalue weighted by Crippen LogP contribution is -2.25. The lowest BCUT2D eigenvalue weighted by molar-refractivity contribution is 0.414. The van der Waals surface area contributed by atoms with Crippen molar-refractivity contribution in [2.45, 2.75) is 19.1 Å². The number of hydrogen-bond acceptors (Lipinski definition) is 4.